The summed E-state index contributed by atoms with van der Waals surface area (Å²) in [5.74, 6) is 0. The zero-order valence-electron chi connectivity index (χ0n) is 10.4. The summed E-state index contributed by atoms with van der Waals surface area (Å²) in [6.07, 6.45) is 4.21. The number of hydrogen-bond acceptors (Lipinski definition) is 3. The SMILES string of the molecule is CCC1(CC)CCN(C(=O)OCCO)CC1. The summed E-state index contributed by atoms with van der Waals surface area (Å²) in [7, 11) is 0. The van der Waals surface area contributed by atoms with Crippen LogP contribution >= 0.6 is 0 Å². The van der Waals surface area contributed by atoms with Gasteiger partial charge in [0.15, 0.2) is 0 Å². The van der Waals surface area contributed by atoms with Gasteiger partial charge in [-0.1, -0.05) is 26.7 Å². The molecule has 1 amide bonds. The molecule has 0 bridgehead atoms. The first-order chi connectivity index (χ1) is 7.67. The lowest BCUT2D eigenvalue weighted by Gasteiger charge is -2.40. The number of carbonyl (C=O) groups is 1. The highest BCUT2D eigenvalue weighted by atomic mass is 16.6. The number of rotatable bonds is 4. The van der Waals surface area contributed by atoms with E-state index >= 15 is 0 Å². The molecule has 0 aromatic rings. The van der Waals surface area contributed by atoms with Crippen LogP contribution in [-0.2, 0) is 4.74 Å². The van der Waals surface area contributed by atoms with E-state index < -0.39 is 0 Å². The number of aliphatic hydroxyl groups is 1. The van der Waals surface area contributed by atoms with Crippen LogP contribution in [0.3, 0.4) is 0 Å². The molecule has 0 unspecified atom stereocenters. The van der Waals surface area contributed by atoms with Crippen molar-refractivity contribution in [1.29, 1.82) is 0 Å². The Kier molecular flexibility index (Phi) is 5.06. The Morgan fingerprint density at radius 3 is 2.31 bits per heavy atom. The van der Waals surface area contributed by atoms with Crippen LogP contribution in [0.1, 0.15) is 39.5 Å². The third kappa shape index (κ3) is 3.11. The Bertz CT molecular complexity index is 216. The Labute approximate surface area is 97.6 Å². The molecule has 0 atom stereocenters. The molecule has 1 aliphatic heterocycles. The Balaban J connectivity index is 2.39. The summed E-state index contributed by atoms with van der Waals surface area (Å²) in [4.78, 5) is 13.3. The van der Waals surface area contributed by atoms with E-state index in [9.17, 15) is 4.79 Å². The molecule has 4 heteroatoms. The quantitative estimate of drug-likeness (QED) is 0.802. The van der Waals surface area contributed by atoms with Crippen molar-refractivity contribution < 1.29 is 14.6 Å². The van der Waals surface area contributed by atoms with Gasteiger partial charge in [0, 0.05) is 13.1 Å². The molecule has 1 N–H and O–H groups in total. The predicted octanol–water partition coefficient (Wildman–Crippen LogP) is 2.02. The van der Waals surface area contributed by atoms with E-state index in [1.54, 1.807) is 4.90 Å². The first kappa shape index (κ1) is 13.3. The van der Waals surface area contributed by atoms with Gasteiger partial charge in [-0.25, -0.2) is 4.79 Å². The Morgan fingerprint density at radius 2 is 1.88 bits per heavy atom. The fourth-order valence-corrected chi connectivity index (χ4v) is 2.34. The Hall–Kier alpha value is -0.770. The van der Waals surface area contributed by atoms with Gasteiger partial charge < -0.3 is 14.7 Å². The average molecular weight is 229 g/mol. The molecule has 16 heavy (non-hydrogen) atoms. The molecule has 0 aliphatic carbocycles. The second-order valence-electron chi connectivity index (χ2n) is 4.53. The van der Waals surface area contributed by atoms with E-state index in [1.807, 2.05) is 0 Å². The van der Waals surface area contributed by atoms with Crippen molar-refractivity contribution in [2.24, 2.45) is 5.41 Å². The highest BCUT2D eigenvalue weighted by Gasteiger charge is 2.33. The maximum absolute atomic E-state index is 11.5. The second-order valence-corrected chi connectivity index (χ2v) is 4.53. The molecule has 0 saturated carbocycles. The van der Waals surface area contributed by atoms with Crippen molar-refractivity contribution in [3.8, 4) is 0 Å². The fourth-order valence-electron chi connectivity index (χ4n) is 2.34. The number of amides is 1. The second kappa shape index (κ2) is 6.09. The summed E-state index contributed by atoms with van der Waals surface area (Å²) in [5.41, 5.74) is 0.424. The predicted molar refractivity (Wildman–Crippen MR) is 62.3 cm³/mol. The third-order valence-corrected chi connectivity index (χ3v) is 3.90. The molecule has 0 aromatic carbocycles. The molecular weight excluding hydrogens is 206 g/mol. The van der Waals surface area contributed by atoms with Crippen LogP contribution in [0, 0.1) is 5.41 Å². The first-order valence-electron chi connectivity index (χ1n) is 6.20. The van der Waals surface area contributed by atoms with E-state index in [4.69, 9.17) is 9.84 Å². The zero-order valence-corrected chi connectivity index (χ0v) is 10.4. The summed E-state index contributed by atoms with van der Waals surface area (Å²) >= 11 is 0. The van der Waals surface area contributed by atoms with Gasteiger partial charge in [0.25, 0.3) is 0 Å². The molecule has 0 spiro atoms. The molecule has 0 radical (unpaired) electrons. The highest BCUT2D eigenvalue weighted by molar-refractivity contribution is 5.67. The number of ether oxygens (including phenoxy) is 1. The first-order valence-corrected chi connectivity index (χ1v) is 6.20. The van der Waals surface area contributed by atoms with Gasteiger partial charge in [-0.2, -0.15) is 0 Å². The smallest absolute Gasteiger partial charge is 0.409 e. The lowest BCUT2D eigenvalue weighted by Crippen LogP contribution is -2.43. The lowest BCUT2D eigenvalue weighted by atomic mass is 9.74. The minimum Gasteiger partial charge on any atom is -0.447 e. The van der Waals surface area contributed by atoms with E-state index in [0.717, 1.165) is 25.9 Å². The number of nitrogens with zero attached hydrogens (tertiary/aromatic N) is 1. The molecule has 0 aromatic heterocycles. The zero-order chi connectivity index (χ0) is 12.0. The summed E-state index contributed by atoms with van der Waals surface area (Å²) < 4.78 is 4.90. The summed E-state index contributed by atoms with van der Waals surface area (Å²) in [5, 5.41) is 8.58. The van der Waals surface area contributed by atoms with Crippen molar-refractivity contribution in [3.63, 3.8) is 0 Å². The van der Waals surface area contributed by atoms with E-state index in [2.05, 4.69) is 13.8 Å². The van der Waals surface area contributed by atoms with E-state index in [0.29, 0.717) is 5.41 Å². The highest BCUT2D eigenvalue weighted by Crippen LogP contribution is 2.37. The standard InChI is InChI=1S/C12H23NO3/c1-3-12(4-2)5-7-13(8-6-12)11(15)16-10-9-14/h14H,3-10H2,1-2H3. The van der Waals surface area contributed by atoms with Gasteiger partial charge in [-0.15, -0.1) is 0 Å². The van der Waals surface area contributed by atoms with E-state index in [-0.39, 0.29) is 19.3 Å². The number of carbonyl (C=O) groups excluding carboxylic acids is 1. The number of aliphatic hydroxyl groups excluding tert-OH is 1. The summed E-state index contributed by atoms with van der Waals surface area (Å²) in [6.45, 7) is 6.01. The molecule has 1 rings (SSSR count). The van der Waals surface area contributed by atoms with Crippen molar-refractivity contribution in [2.45, 2.75) is 39.5 Å². The van der Waals surface area contributed by atoms with Gasteiger partial charge in [-0.05, 0) is 18.3 Å². The molecule has 1 aliphatic rings. The lowest BCUT2D eigenvalue weighted by molar-refractivity contribution is 0.0528. The topological polar surface area (TPSA) is 49.8 Å². The van der Waals surface area contributed by atoms with Crippen LogP contribution in [0.25, 0.3) is 0 Å². The van der Waals surface area contributed by atoms with Crippen LogP contribution in [-0.4, -0.2) is 42.4 Å². The van der Waals surface area contributed by atoms with Crippen LogP contribution in [0.4, 0.5) is 4.79 Å². The maximum Gasteiger partial charge on any atom is 0.409 e. The average Bonchev–Trinajstić information content (AvgIpc) is 2.36. The number of piperidine rings is 1. The monoisotopic (exact) mass is 229 g/mol. The fraction of sp³-hybridized carbons (Fsp3) is 0.917. The number of hydrogen-bond donors (Lipinski definition) is 1. The van der Waals surface area contributed by atoms with Crippen molar-refractivity contribution in [1.82, 2.24) is 4.90 Å². The normalized spacial score (nSPS) is 19.6. The van der Waals surface area contributed by atoms with Crippen molar-refractivity contribution in [3.05, 3.63) is 0 Å². The number of likely N-dealkylation sites (tertiary alicyclic amines) is 1. The maximum atomic E-state index is 11.5. The van der Waals surface area contributed by atoms with Gasteiger partial charge in [0.1, 0.15) is 6.61 Å². The van der Waals surface area contributed by atoms with Crippen molar-refractivity contribution >= 4 is 6.09 Å². The molecule has 94 valence electrons. The van der Waals surface area contributed by atoms with Gasteiger partial charge in [0.2, 0.25) is 0 Å². The Morgan fingerprint density at radius 1 is 1.31 bits per heavy atom. The minimum atomic E-state index is -0.283. The summed E-state index contributed by atoms with van der Waals surface area (Å²) in [6, 6.07) is 0. The largest absolute Gasteiger partial charge is 0.447 e. The third-order valence-electron chi connectivity index (χ3n) is 3.90. The van der Waals surface area contributed by atoms with Crippen LogP contribution < -0.4 is 0 Å². The molecule has 1 fully saturated rings. The molecule has 1 heterocycles. The van der Waals surface area contributed by atoms with Crippen LogP contribution in [0.5, 0.6) is 0 Å². The molecule has 1 saturated heterocycles. The van der Waals surface area contributed by atoms with Crippen LogP contribution in [0.2, 0.25) is 0 Å². The van der Waals surface area contributed by atoms with Gasteiger partial charge >= 0.3 is 6.09 Å². The van der Waals surface area contributed by atoms with Crippen molar-refractivity contribution in [2.75, 3.05) is 26.3 Å². The van der Waals surface area contributed by atoms with E-state index in [1.165, 1.54) is 12.8 Å². The van der Waals surface area contributed by atoms with Gasteiger partial charge in [-0.3, -0.25) is 0 Å². The molecule has 4 nitrogen and oxygen atoms in total. The van der Waals surface area contributed by atoms with Crippen LogP contribution in [0.15, 0.2) is 0 Å². The van der Waals surface area contributed by atoms with Gasteiger partial charge in [0.05, 0.1) is 6.61 Å². The minimum absolute atomic E-state index is 0.0992. The molecular formula is C12H23NO3.